The molecule has 0 bridgehead atoms. The van der Waals surface area contributed by atoms with Crippen LogP contribution in [0.1, 0.15) is 9.75 Å². The second kappa shape index (κ2) is 5.71. The van der Waals surface area contributed by atoms with Crippen LogP contribution in [0, 0.1) is 0 Å². The lowest BCUT2D eigenvalue weighted by atomic mass is 10.5. The van der Waals surface area contributed by atoms with E-state index in [0.29, 0.717) is 16.6 Å². The summed E-state index contributed by atoms with van der Waals surface area (Å²) in [6.45, 7) is 0.397. The number of sulfonamides is 1. The van der Waals surface area contributed by atoms with E-state index in [9.17, 15) is 8.42 Å². The normalized spacial score (nSPS) is 12.2. The van der Waals surface area contributed by atoms with Crippen LogP contribution in [0.5, 0.6) is 0 Å². The smallest absolute Gasteiger partial charge is 0.206 e. The molecule has 0 aliphatic heterocycles. The van der Waals surface area contributed by atoms with Crippen LogP contribution in [0.15, 0.2) is 33.9 Å². The number of hydrogen-bond donors (Lipinski definition) is 0. The summed E-state index contributed by atoms with van der Waals surface area (Å²) in [6.07, 6.45) is 0. The Bertz CT molecular complexity index is 604. The van der Waals surface area contributed by atoms with Gasteiger partial charge in [0, 0.05) is 23.3 Å². The van der Waals surface area contributed by atoms with Crippen molar-refractivity contribution in [1.29, 1.82) is 0 Å². The number of thiophene rings is 2. The summed E-state index contributed by atoms with van der Waals surface area (Å²) >= 11 is 8.46. The van der Waals surface area contributed by atoms with E-state index in [1.807, 2.05) is 17.5 Å². The molecule has 98 valence electrons. The third-order valence-corrected chi connectivity index (χ3v) is 7.06. The molecule has 3 nitrogen and oxygen atoms in total. The minimum absolute atomic E-state index is 0.342. The Morgan fingerprint density at radius 3 is 2.61 bits per heavy atom. The highest BCUT2D eigenvalue weighted by molar-refractivity contribution is 7.91. The highest BCUT2D eigenvalue weighted by Crippen LogP contribution is 2.26. The molecule has 0 saturated heterocycles. The third kappa shape index (κ3) is 2.95. The van der Waals surface area contributed by atoms with Crippen molar-refractivity contribution in [3.8, 4) is 0 Å². The summed E-state index contributed by atoms with van der Waals surface area (Å²) in [6, 6.07) is 7.21. The van der Waals surface area contributed by atoms with Crippen LogP contribution in [-0.4, -0.2) is 19.8 Å². The fourth-order valence-electron chi connectivity index (χ4n) is 1.43. The molecular formula is C11H12ClNO2S3. The van der Waals surface area contributed by atoms with E-state index in [1.165, 1.54) is 15.6 Å². The zero-order valence-electron chi connectivity index (χ0n) is 9.67. The van der Waals surface area contributed by atoms with Crippen LogP contribution >= 0.6 is 34.3 Å². The number of rotatable bonds is 5. The quantitative estimate of drug-likeness (QED) is 0.792. The molecule has 0 amide bonds. The molecule has 0 N–H and O–H groups in total. The second-order valence-electron chi connectivity index (χ2n) is 3.69. The monoisotopic (exact) mass is 321 g/mol. The van der Waals surface area contributed by atoms with Gasteiger partial charge in [-0.1, -0.05) is 6.07 Å². The lowest BCUT2D eigenvalue weighted by molar-refractivity contribution is 0.471. The number of alkyl halides is 1. The number of halogens is 1. The fourth-order valence-corrected chi connectivity index (χ4v) is 5.09. The molecule has 0 aliphatic carbocycles. The summed E-state index contributed by atoms with van der Waals surface area (Å²) in [4.78, 5) is 1.88. The Kier molecular flexibility index (Phi) is 4.45. The van der Waals surface area contributed by atoms with Gasteiger partial charge < -0.3 is 0 Å². The van der Waals surface area contributed by atoms with Gasteiger partial charge in [0.05, 0.1) is 5.88 Å². The molecule has 0 saturated carbocycles. The van der Waals surface area contributed by atoms with Crippen LogP contribution in [0.25, 0.3) is 0 Å². The predicted octanol–water partition coefficient (Wildman–Crippen LogP) is 3.37. The Morgan fingerprint density at radius 2 is 2.06 bits per heavy atom. The minimum Gasteiger partial charge on any atom is -0.206 e. The largest absolute Gasteiger partial charge is 0.252 e. The van der Waals surface area contributed by atoms with Crippen molar-refractivity contribution in [1.82, 2.24) is 4.31 Å². The molecule has 2 aromatic rings. The summed E-state index contributed by atoms with van der Waals surface area (Å²) in [5.41, 5.74) is 0. The molecule has 0 aliphatic rings. The van der Waals surface area contributed by atoms with Gasteiger partial charge in [-0.15, -0.1) is 34.3 Å². The molecule has 0 unspecified atom stereocenters. The van der Waals surface area contributed by atoms with Crippen molar-refractivity contribution in [2.24, 2.45) is 0 Å². The van der Waals surface area contributed by atoms with Crippen LogP contribution in [0.2, 0.25) is 0 Å². The lowest BCUT2D eigenvalue weighted by Crippen LogP contribution is -2.25. The van der Waals surface area contributed by atoms with Crippen molar-refractivity contribution >= 4 is 44.3 Å². The molecule has 0 atom stereocenters. The van der Waals surface area contributed by atoms with Gasteiger partial charge in [-0.25, -0.2) is 8.42 Å². The summed E-state index contributed by atoms with van der Waals surface area (Å²) < 4.78 is 26.3. The Balaban J connectivity index is 2.19. The van der Waals surface area contributed by atoms with Crippen LogP contribution < -0.4 is 0 Å². The molecule has 0 fully saturated rings. The van der Waals surface area contributed by atoms with Crippen molar-refractivity contribution in [2.45, 2.75) is 16.6 Å². The molecule has 0 aromatic carbocycles. The van der Waals surface area contributed by atoms with E-state index in [4.69, 9.17) is 11.6 Å². The molecule has 7 heteroatoms. The van der Waals surface area contributed by atoms with Gasteiger partial charge in [0.1, 0.15) is 4.21 Å². The average molecular weight is 322 g/mol. The number of nitrogens with zero attached hydrogens (tertiary/aromatic N) is 1. The van der Waals surface area contributed by atoms with Crippen molar-refractivity contribution in [3.63, 3.8) is 0 Å². The van der Waals surface area contributed by atoms with E-state index < -0.39 is 10.0 Å². The first kappa shape index (κ1) is 14.0. The summed E-state index contributed by atoms with van der Waals surface area (Å²) in [7, 11) is -1.81. The number of hydrogen-bond acceptors (Lipinski definition) is 4. The van der Waals surface area contributed by atoms with Gasteiger partial charge >= 0.3 is 0 Å². The average Bonchev–Trinajstić information content (AvgIpc) is 2.99. The van der Waals surface area contributed by atoms with E-state index in [2.05, 4.69) is 0 Å². The van der Waals surface area contributed by atoms with Gasteiger partial charge in [0.25, 0.3) is 10.0 Å². The van der Waals surface area contributed by atoms with Gasteiger partial charge in [-0.2, -0.15) is 4.31 Å². The summed E-state index contributed by atoms with van der Waals surface area (Å²) in [5, 5.41) is 1.94. The summed E-state index contributed by atoms with van der Waals surface area (Å²) in [5.74, 6) is 0.342. The van der Waals surface area contributed by atoms with Gasteiger partial charge in [-0.3, -0.25) is 0 Å². The molecule has 0 radical (unpaired) electrons. The minimum atomic E-state index is -3.40. The maximum absolute atomic E-state index is 12.3. The molecule has 2 heterocycles. The first-order valence-corrected chi connectivity index (χ1v) is 8.84. The maximum atomic E-state index is 12.3. The van der Waals surface area contributed by atoms with E-state index >= 15 is 0 Å². The van der Waals surface area contributed by atoms with Crippen LogP contribution in [-0.2, 0) is 22.4 Å². The predicted molar refractivity (Wildman–Crippen MR) is 76.8 cm³/mol. The van der Waals surface area contributed by atoms with Crippen LogP contribution in [0.4, 0.5) is 0 Å². The zero-order valence-corrected chi connectivity index (χ0v) is 12.9. The fraction of sp³-hybridized carbons (Fsp3) is 0.273. The van der Waals surface area contributed by atoms with Gasteiger partial charge in [-0.05, 0) is 23.6 Å². The first-order chi connectivity index (χ1) is 8.54. The van der Waals surface area contributed by atoms with E-state index in [1.54, 1.807) is 30.5 Å². The second-order valence-corrected chi connectivity index (χ2v) is 8.43. The van der Waals surface area contributed by atoms with Crippen molar-refractivity contribution in [3.05, 3.63) is 39.4 Å². The Hall–Kier alpha value is -0.400. The third-order valence-electron chi connectivity index (χ3n) is 2.39. The molecule has 2 rings (SSSR count). The Labute approximate surface area is 120 Å². The van der Waals surface area contributed by atoms with E-state index in [0.717, 1.165) is 9.75 Å². The highest BCUT2D eigenvalue weighted by Gasteiger charge is 2.23. The van der Waals surface area contributed by atoms with Gasteiger partial charge in [0.2, 0.25) is 0 Å². The van der Waals surface area contributed by atoms with Crippen molar-refractivity contribution < 1.29 is 8.42 Å². The molecule has 0 spiro atoms. The maximum Gasteiger partial charge on any atom is 0.252 e. The molecule has 18 heavy (non-hydrogen) atoms. The SMILES string of the molecule is CN(Cc1cccs1)S(=O)(=O)c1ccc(CCl)s1. The standard InChI is InChI=1S/C11H12ClNO2S3/c1-13(8-10-3-2-6-16-10)18(14,15)11-5-4-9(7-12)17-11/h2-6H,7-8H2,1H3. The van der Waals surface area contributed by atoms with Crippen molar-refractivity contribution in [2.75, 3.05) is 7.05 Å². The van der Waals surface area contributed by atoms with Gasteiger partial charge in [0.15, 0.2) is 0 Å². The molecule has 2 aromatic heterocycles. The first-order valence-electron chi connectivity index (χ1n) is 5.17. The van der Waals surface area contributed by atoms with E-state index in [-0.39, 0.29) is 0 Å². The highest BCUT2D eigenvalue weighted by atomic mass is 35.5. The molecular weight excluding hydrogens is 310 g/mol. The van der Waals surface area contributed by atoms with Crippen LogP contribution in [0.3, 0.4) is 0 Å². The Morgan fingerprint density at radius 1 is 1.28 bits per heavy atom. The lowest BCUT2D eigenvalue weighted by Gasteiger charge is -2.14. The zero-order chi connectivity index (χ0) is 13.2. The topological polar surface area (TPSA) is 37.4 Å².